The molecule has 2 aliphatic rings. The Balaban J connectivity index is 1.45. The van der Waals surface area contributed by atoms with Crippen molar-refractivity contribution in [2.24, 2.45) is 5.92 Å². The maximum atomic E-state index is 13.6. The third-order valence-electron chi connectivity index (χ3n) is 7.00. The number of amides is 1. The van der Waals surface area contributed by atoms with Crippen molar-refractivity contribution in [3.05, 3.63) is 59.7 Å². The Morgan fingerprint density at radius 1 is 0.879 bits per heavy atom. The van der Waals surface area contributed by atoms with Crippen LogP contribution in [0.3, 0.4) is 0 Å². The van der Waals surface area contributed by atoms with Gasteiger partial charge in [0.05, 0.1) is 18.0 Å². The van der Waals surface area contributed by atoms with E-state index in [2.05, 4.69) is 17.0 Å². The molecule has 0 spiro atoms. The number of hydrogen-bond donors (Lipinski definition) is 0. The molecule has 178 valence electrons. The molecule has 4 rings (SSSR count). The van der Waals surface area contributed by atoms with Crippen molar-refractivity contribution in [1.82, 2.24) is 9.21 Å². The lowest BCUT2D eigenvalue weighted by Gasteiger charge is -2.37. The van der Waals surface area contributed by atoms with Gasteiger partial charge in [-0.3, -0.25) is 4.79 Å². The molecular weight excluding hydrogens is 436 g/mol. The molecule has 2 fully saturated rings. The molecule has 6 nitrogen and oxygen atoms in total. The number of carbonyl (C=O) groups is 1. The first kappa shape index (κ1) is 23.8. The van der Waals surface area contributed by atoms with Crippen LogP contribution in [0.5, 0.6) is 5.75 Å². The van der Waals surface area contributed by atoms with E-state index >= 15 is 0 Å². The van der Waals surface area contributed by atoms with Crippen LogP contribution in [0.4, 0.5) is 0 Å². The summed E-state index contributed by atoms with van der Waals surface area (Å²) in [6.45, 7) is 3.47. The summed E-state index contributed by atoms with van der Waals surface area (Å²) in [5.74, 6) is 0.853. The average Bonchev–Trinajstić information content (AvgIpc) is 3.10. The molecule has 0 bridgehead atoms. The monoisotopic (exact) mass is 470 g/mol. The van der Waals surface area contributed by atoms with Crippen LogP contribution in [0.2, 0.25) is 0 Å². The second-order valence-corrected chi connectivity index (χ2v) is 11.1. The zero-order chi connectivity index (χ0) is 23.4. The molecule has 0 aliphatic carbocycles. The van der Waals surface area contributed by atoms with Gasteiger partial charge in [0.2, 0.25) is 15.9 Å². The number of hydrogen-bond acceptors (Lipinski definition) is 4. The van der Waals surface area contributed by atoms with Crippen molar-refractivity contribution in [3.63, 3.8) is 0 Å². The maximum absolute atomic E-state index is 13.6. The zero-order valence-electron chi connectivity index (χ0n) is 19.6. The van der Waals surface area contributed by atoms with Gasteiger partial charge < -0.3 is 9.64 Å². The minimum atomic E-state index is -3.52. The van der Waals surface area contributed by atoms with Gasteiger partial charge in [-0.2, -0.15) is 4.31 Å². The fourth-order valence-electron chi connectivity index (χ4n) is 4.98. The minimum absolute atomic E-state index is 0.0697. The lowest BCUT2D eigenvalue weighted by Crippen LogP contribution is -2.45. The van der Waals surface area contributed by atoms with Crippen molar-refractivity contribution >= 4 is 15.9 Å². The third-order valence-corrected chi connectivity index (χ3v) is 8.91. The first-order valence-corrected chi connectivity index (χ1v) is 13.4. The van der Waals surface area contributed by atoms with Gasteiger partial charge in [-0.05, 0) is 62.4 Å². The number of carbonyl (C=O) groups excluding carboxylic acids is 1. The highest BCUT2D eigenvalue weighted by Crippen LogP contribution is 2.34. The SMILES string of the molecule is COc1ccc(C2CCCCCN2C(=O)C2CCN(S(=O)(=O)c3ccc(C)cc3)CC2)cc1. The number of benzene rings is 2. The highest BCUT2D eigenvalue weighted by atomic mass is 32.2. The Hall–Kier alpha value is -2.38. The Kier molecular flexibility index (Phi) is 7.39. The van der Waals surface area contributed by atoms with Gasteiger partial charge in [-0.25, -0.2) is 8.42 Å². The number of aryl methyl sites for hydroxylation is 1. The molecule has 2 saturated heterocycles. The Labute approximate surface area is 197 Å². The number of nitrogens with zero attached hydrogens (tertiary/aromatic N) is 2. The Morgan fingerprint density at radius 2 is 1.55 bits per heavy atom. The molecule has 2 aromatic rings. The molecule has 0 saturated carbocycles. The smallest absolute Gasteiger partial charge is 0.243 e. The van der Waals surface area contributed by atoms with Crippen LogP contribution < -0.4 is 4.74 Å². The van der Waals surface area contributed by atoms with Crippen molar-refractivity contribution in [2.45, 2.75) is 56.4 Å². The van der Waals surface area contributed by atoms with Gasteiger partial charge in [0, 0.05) is 25.6 Å². The fraction of sp³-hybridized carbons (Fsp3) is 0.500. The van der Waals surface area contributed by atoms with Crippen molar-refractivity contribution in [2.75, 3.05) is 26.7 Å². The summed E-state index contributed by atoms with van der Waals surface area (Å²) in [5.41, 5.74) is 2.17. The number of piperidine rings is 1. The first-order valence-electron chi connectivity index (χ1n) is 11.9. The molecule has 1 unspecified atom stereocenters. The predicted octanol–water partition coefficient (Wildman–Crippen LogP) is 4.55. The van der Waals surface area contributed by atoms with E-state index in [9.17, 15) is 13.2 Å². The molecule has 0 N–H and O–H groups in total. The van der Waals surface area contributed by atoms with E-state index in [0.29, 0.717) is 30.8 Å². The fourth-order valence-corrected chi connectivity index (χ4v) is 6.45. The molecule has 7 heteroatoms. The van der Waals surface area contributed by atoms with Crippen LogP contribution in [-0.2, 0) is 14.8 Å². The van der Waals surface area contributed by atoms with Crippen LogP contribution in [-0.4, -0.2) is 50.3 Å². The number of sulfonamides is 1. The number of methoxy groups -OCH3 is 1. The second kappa shape index (κ2) is 10.3. The number of ether oxygens (including phenoxy) is 1. The average molecular weight is 471 g/mol. The normalized spacial score (nSPS) is 20.9. The standard InChI is InChI=1S/C26H34N2O4S/c1-20-7-13-24(14-8-20)33(30,31)27-18-15-22(16-19-27)26(29)28-17-5-3-4-6-25(28)21-9-11-23(32-2)12-10-21/h7-14,22,25H,3-6,15-19H2,1-2H3. The van der Waals surface area contributed by atoms with Crippen molar-refractivity contribution in [1.29, 1.82) is 0 Å². The van der Waals surface area contributed by atoms with Gasteiger partial charge in [0.1, 0.15) is 5.75 Å². The van der Waals surface area contributed by atoms with Crippen LogP contribution in [0.15, 0.2) is 53.4 Å². The van der Waals surface area contributed by atoms with Crippen LogP contribution in [0.1, 0.15) is 55.7 Å². The predicted molar refractivity (Wildman–Crippen MR) is 129 cm³/mol. The van der Waals surface area contributed by atoms with Crippen LogP contribution in [0, 0.1) is 12.8 Å². The summed E-state index contributed by atoms with van der Waals surface area (Å²) in [4.78, 5) is 16.0. The van der Waals surface area contributed by atoms with E-state index in [-0.39, 0.29) is 17.9 Å². The van der Waals surface area contributed by atoms with Gasteiger partial charge in [0.15, 0.2) is 0 Å². The largest absolute Gasteiger partial charge is 0.497 e. The summed E-state index contributed by atoms with van der Waals surface area (Å²) < 4.78 is 32.9. The Bertz CT molecular complexity index is 1040. The van der Waals surface area contributed by atoms with E-state index in [1.165, 1.54) is 4.31 Å². The first-order chi connectivity index (χ1) is 15.9. The minimum Gasteiger partial charge on any atom is -0.497 e. The summed E-state index contributed by atoms with van der Waals surface area (Å²) in [6.07, 6.45) is 5.33. The molecule has 0 radical (unpaired) electrons. The second-order valence-electron chi connectivity index (χ2n) is 9.16. The topological polar surface area (TPSA) is 66.9 Å². The van der Waals surface area contributed by atoms with Crippen molar-refractivity contribution in [3.8, 4) is 5.75 Å². The van der Waals surface area contributed by atoms with E-state index in [4.69, 9.17) is 4.74 Å². The zero-order valence-corrected chi connectivity index (χ0v) is 20.4. The lowest BCUT2D eigenvalue weighted by atomic mass is 9.94. The number of likely N-dealkylation sites (tertiary alicyclic amines) is 1. The molecule has 2 aromatic carbocycles. The molecule has 1 amide bonds. The van der Waals surface area contributed by atoms with E-state index in [0.717, 1.165) is 49.1 Å². The molecule has 33 heavy (non-hydrogen) atoms. The highest BCUT2D eigenvalue weighted by Gasteiger charge is 2.36. The molecule has 2 heterocycles. The quantitative estimate of drug-likeness (QED) is 0.643. The summed E-state index contributed by atoms with van der Waals surface area (Å²) in [7, 11) is -1.87. The maximum Gasteiger partial charge on any atom is 0.243 e. The van der Waals surface area contributed by atoms with Crippen LogP contribution in [0.25, 0.3) is 0 Å². The van der Waals surface area contributed by atoms with Gasteiger partial charge in [-0.15, -0.1) is 0 Å². The summed E-state index contributed by atoms with van der Waals surface area (Å²) >= 11 is 0. The summed E-state index contributed by atoms with van der Waals surface area (Å²) in [5, 5.41) is 0. The third kappa shape index (κ3) is 5.25. The summed E-state index contributed by atoms with van der Waals surface area (Å²) in [6, 6.07) is 15.1. The number of rotatable bonds is 5. The van der Waals surface area contributed by atoms with Crippen molar-refractivity contribution < 1.29 is 17.9 Å². The van der Waals surface area contributed by atoms with Gasteiger partial charge in [-0.1, -0.05) is 42.7 Å². The molecule has 2 aliphatic heterocycles. The van der Waals surface area contributed by atoms with Gasteiger partial charge >= 0.3 is 0 Å². The van der Waals surface area contributed by atoms with E-state index < -0.39 is 10.0 Å². The molecular formula is C26H34N2O4S. The van der Waals surface area contributed by atoms with Crippen LogP contribution >= 0.6 is 0 Å². The van der Waals surface area contributed by atoms with Gasteiger partial charge in [0.25, 0.3) is 0 Å². The lowest BCUT2D eigenvalue weighted by molar-refractivity contribution is -0.139. The highest BCUT2D eigenvalue weighted by molar-refractivity contribution is 7.89. The molecule has 1 atom stereocenters. The van der Waals surface area contributed by atoms with E-state index in [1.54, 1.807) is 19.2 Å². The van der Waals surface area contributed by atoms with E-state index in [1.807, 2.05) is 31.2 Å². The molecule has 0 aromatic heterocycles. The Morgan fingerprint density at radius 3 is 2.18 bits per heavy atom.